The molecule has 6 heteroatoms. The van der Waals surface area contributed by atoms with Crippen molar-refractivity contribution in [3.63, 3.8) is 0 Å². The quantitative estimate of drug-likeness (QED) is 0.734. The van der Waals surface area contributed by atoms with Crippen LogP contribution in [-0.4, -0.2) is 4.98 Å². The lowest BCUT2D eigenvalue weighted by atomic mass is 10.2. The molecule has 1 N–H and O–H groups in total. The number of nitrogens with one attached hydrogen (secondary N) is 1. The Morgan fingerprint density at radius 1 is 1.17 bits per heavy atom. The Labute approximate surface area is 128 Å². The van der Waals surface area contributed by atoms with Gasteiger partial charge in [0.1, 0.15) is 5.15 Å². The van der Waals surface area contributed by atoms with Crippen molar-refractivity contribution in [1.29, 1.82) is 0 Å². The minimum absolute atomic E-state index is 0.435. The van der Waals surface area contributed by atoms with Crippen LogP contribution in [0.25, 0.3) is 0 Å². The molecule has 94 valence electrons. The van der Waals surface area contributed by atoms with Crippen LogP contribution in [0.1, 0.15) is 5.56 Å². The zero-order valence-corrected chi connectivity index (χ0v) is 12.9. The van der Waals surface area contributed by atoms with Crippen LogP contribution in [0, 0.1) is 0 Å². The lowest BCUT2D eigenvalue weighted by Crippen LogP contribution is -2.00. The molecular formula is C12H8BrCl3N2. The van der Waals surface area contributed by atoms with Crippen molar-refractivity contribution in [3.8, 4) is 0 Å². The molecule has 0 unspecified atom stereocenters. The van der Waals surface area contributed by atoms with Gasteiger partial charge >= 0.3 is 0 Å². The van der Waals surface area contributed by atoms with Gasteiger partial charge in [0.15, 0.2) is 0 Å². The maximum Gasteiger partial charge on any atom is 0.143 e. The largest absolute Gasteiger partial charge is 0.380 e. The average Bonchev–Trinajstić information content (AvgIpc) is 2.32. The Kier molecular flexibility index (Phi) is 4.73. The van der Waals surface area contributed by atoms with Crippen molar-refractivity contribution in [1.82, 2.24) is 4.98 Å². The van der Waals surface area contributed by atoms with Crippen LogP contribution in [0.15, 0.2) is 34.9 Å². The summed E-state index contributed by atoms with van der Waals surface area (Å²) in [7, 11) is 0. The van der Waals surface area contributed by atoms with Gasteiger partial charge in [0.25, 0.3) is 0 Å². The van der Waals surface area contributed by atoms with Crippen LogP contribution in [0.2, 0.25) is 15.2 Å². The molecule has 0 atom stereocenters. The third-order valence-corrected chi connectivity index (χ3v) is 4.02. The first-order valence-electron chi connectivity index (χ1n) is 5.05. The van der Waals surface area contributed by atoms with E-state index in [1.54, 1.807) is 18.3 Å². The van der Waals surface area contributed by atoms with Gasteiger partial charge in [0.2, 0.25) is 0 Å². The number of pyridine rings is 1. The molecule has 1 heterocycles. The van der Waals surface area contributed by atoms with Gasteiger partial charge in [-0.05, 0) is 39.7 Å². The monoisotopic (exact) mass is 364 g/mol. The van der Waals surface area contributed by atoms with Crippen LogP contribution in [-0.2, 0) is 6.54 Å². The van der Waals surface area contributed by atoms with Crippen molar-refractivity contribution in [2.45, 2.75) is 6.54 Å². The second kappa shape index (κ2) is 6.11. The third-order valence-electron chi connectivity index (χ3n) is 2.29. The van der Waals surface area contributed by atoms with Crippen LogP contribution in [0.3, 0.4) is 0 Å². The molecule has 0 saturated heterocycles. The summed E-state index contributed by atoms with van der Waals surface area (Å²) >= 11 is 21.1. The van der Waals surface area contributed by atoms with Crippen molar-refractivity contribution in [2.24, 2.45) is 0 Å². The number of halogens is 4. The highest BCUT2D eigenvalue weighted by Gasteiger charge is 2.03. The summed E-state index contributed by atoms with van der Waals surface area (Å²) in [5.74, 6) is 0. The predicted molar refractivity (Wildman–Crippen MR) is 80.7 cm³/mol. The minimum Gasteiger partial charge on any atom is -0.380 e. The summed E-state index contributed by atoms with van der Waals surface area (Å²) in [5, 5.41) is 4.91. The fraction of sp³-hybridized carbons (Fsp3) is 0.0833. The zero-order valence-electron chi connectivity index (χ0n) is 9.05. The Morgan fingerprint density at radius 3 is 2.61 bits per heavy atom. The molecule has 0 saturated carbocycles. The fourth-order valence-corrected chi connectivity index (χ4v) is 2.31. The SMILES string of the molecule is Clc1ccc(CNc2cnc(Cl)c(Br)c2)c(Cl)c1. The molecule has 1 aromatic heterocycles. The van der Waals surface area contributed by atoms with Gasteiger partial charge in [-0.25, -0.2) is 4.98 Å². The summed E-state index contributed by atoms with van der Waals surface area (Å²) in [6, 6.07) is 7.27. The molecule has 0 aliphatic rings. The van der Waals surface area contributed by atoms with E-state index in [9.17, 15) is 0 Å². The van der Waals surface area contributed by atoms with Gasteiger partial charge < -0.3 is 5.32 Å². The molecule has 0 aliphatic carbocycles. The van der Waals surface area contributed by atoms with E-state index >= 15 is 0 Å². The Hall–Kier alpha value is -0.480. The molecule has 2 aromatic rings. The second-order valence-corrected chi connectivity index (χ2v) is 5.64. The number of rotatable bonds is 3. The van der Waals surface area contributed by atoms with E-state index in [1.165, 1.54) is 0 Å². The molecule has 0 amide bonds. The van der Waals surface area contributed by atoms with E-state index in [0.717, 1.165) is 15.7 Å². The lowest BCUT2D eigenvalue weighted by molar-refractivity contribution is 1.13. The molecule has 0 spiro atoms. The Bertz CT molecular complexity index is 575. The van der Waals surface area contributed by atoms with Gasteiger partial charge in [0.05, 0.1) is 16.4 Å². The summed E-state index contributed by atoms with van der Waals surface area (Å²) in [4.78, 5) is 4.03. The topological polar surface area (TPSA) is 24.9 Å². The molecule has 2 nitrogen and oxygen atoms in total. The van der Waals surface area contributed by atoms with Crippen molar-refractivity contribution >= 4 is 56.4 Å². The first-order chi connectivity index (χ1) is 8.56. The summed E-state index contributed by atoms with van der Waals surface area (Å²) in [5.41, 5.74) is 1.82. The number of benzene rings is 1. The van der Waals surface area contributed by atoms with Crippen molar-refractivity contribution < 1.29 is 0 Å². The second-order valence-electron chi connectivity index (χ2n) is 3.59. The zero-order chi connectivity index (χ0) is 13.1. The van der Waals surface area contributed by atoms with Gasteiger partial charge in [-0.1, -0.05) is 40.9 Å². The number of hydrogen-bond acceptors (Lipinski definition) is 2. The molecular weight excluding hydrogens is 358 g/mol. The van der Waals surface area contributed by atoms with Gasteiger partial charge in [-0.3, -0.25) is 0 Å². The van der Waals surface area contributed by atoms with Crippen molar-refractivity contribution in [3.05, 3.63) is 55.7 Å². The molecule has 1 aromatic carbocycles. The van der Waals surface area contributed by atoms with Crippen molar-refractivity contribution in [2.75, 3.05) is 5.32 Å². The van der Waals surface area contributed by atoms with E-state index in [-0.39, 0.29) is 0 Å². The first-order valence-corrected chi connectivity index (χ1v) is 6.98. The first kappa shape index (κ1) is 13.9. The van der Waals surface area contributed by atoms with Crippen LogP contribution < -0.4 is 5.32 Å². The average molecular weight is 366 g/mol. The van der Waals surface area contributed by atoms with E-state index in [1.807, 2.05) is 12.1 Å². The third kappa shape index (κ3) is 3.51. The fourth-order valence-electron chi connectivity index (χ4n) is 1.38. The molecule has 0 bridgehead atoms. The Balaban J connectivity index is 2.09. The summed E-state index contributed by atoms with van der Waals surface area (Å²) < 4.78 is 0.747. The molecule has 2 rings (SSSR count). The van der Waals surface area contributed by atoms with Gasteiger partial charge in [-0.2, -0.15) is 0 Å². The number of nitrogens with zero attached hydrogens (tertiary/aromatic N) is 1. The standard InChI is InChI=1S/C12H8BrCl3N2/c13-10-4-9(6-18-12(10)16)17-5-7-1-2-8(14)3-11(7)15/h1-4,6,17H,5H2. The number of hydrogen-bond donors (Lipinski definition) is 1. The number of anilines is 1. The van der Waals surface area contributed by atoms with E-state index in [4.69, 9.17) is 34.8 Å². The molecule has 0 fully saturated rings. The molecule has 18 heavy (non-hydrogen) atoms. The van der Waals surface area contributed by atoms with E-state index < -0.39 is 0 Å². The summed E-state index contributed by atoms with van der Waals surface area (Å²) in [6.07, 6.45) is 1.66. The summed E-state index contributed by atoms with van der Waals surface area (Å²) in [6.45, 7) is 0.589. The molecule has 0 radical (unpaired) electrons. The smallest absolute Gasteiger partial charge is 0.143 e. The minimum atomic E-state index is 0.435. The van der Waals surface area contributed by atoms with Crippen LogP contribution in [0.5, 0.6) is 0 Å². The highest BCUT2D eigenvalue weighted by atomic mass is 79.9. The maximum absolute atomic E-state index is 6.08. The predicted octanol–water partition coefficient (Wildman–Crippen LogP) is 5.42. The lowest BCUT2D eigenvalue weighted by Gasteiger charge is -2.08. The maximum atomic E-state index is 6.08. The highest BCUT2D eigenvalue weighted by molar-refractivity contribution is 9.10. The Morgan fingerprint density at radius 2 is 1.94 bits per heavy atom. The van der Waals surface area contributed by atoms with Crippen LogP contribution >= 0.6 is 50.7 Å². The highest BCUT2D eigenvalue weighted by Crippen LogP contribution is 2.25. The van der Waals surface area contributed by atoms with Gasteiger partial charge in [-0.15, -0.1) is 0 Å². The van der Waals surface area contributed by atoms with E-state index in [0.29, 0.717) is 21.7 Å². The van der Waals surface area contributed by atoms with Gasteiger partial charge in [0, 0.05) is 16.6 Å². The van der Waals surface area contributed by atoms with Crippen LogP contribution in [0.4, 0.5) is 5.69 Å². The molecule has 0 aliphatic heterocycles. The normalized spacial score (nSPS) is 10.4. The number of aromatic nitrogens is 1. The van der Waals surface area contributed by atoms with E-state index in [2.05, 4.69) is 26.2 Å².